The van der Waals surface area contributed by atoms with E-state index in [4.69, 9.17) is 11.6 Å². The smallest absolute Gasteiger partial charge is 0.269 e. The Labute approximate surface area is 128 Å². The third kappa shape index (κ3) is 4.31. The fourth-order valence-corrected chi connectivity index (χ4v) is 2.30. The van der Waals surface area contributed by atoms with Crippen LogP contribution in [0.3, 0.4) is 0 Å². The van der Waals surface area contributed by atoms with Crippen LogP contribution < -0.4 is 5.32 Å². The number of H-pyrrole nitrogens is 1. The first-order chi connectivity index (χ1) is 10.1. The maximum absolute atomic E-state index is 12.0. The summed E-state index contributed by atoms with van der Waals surface area (Å²) in [5, 5.41) is 13.3. The number of benzene rings is 1. The van der Waals surface area contributed by atoms with E-state index in [1.165, 1.54) is 12.5 Å². The Morgan fingerprint density at radius 3 is 2.86 bits per heavy atom. The number of hydrogen-bond donors (Lipinski definition) is 3. The lowest BCUT2D eigenvalue weighted by atomic mass is 10.0. The topological polar surface area (TPSA) is 78.0 Å². The molecule has 0 saturated heterocycles. The monoisotopic (exact) mass is 307 g/mol. The molecule has 0 aliphatic carbocycles. The van der Waals surface area contributed by atoms with Gasteiger partial charge in [0.1, 0.15) is 5.69 Å². The summed E-state index contributed by atoms with van der Waals surface area (Å²) in [7, 11) is 0. The number of imidazole rings is 1. The molecule has 1 aromatic carbocycles. The molecule has 0 aliphatic heterocycles. The van der Waals surface area contributed by atoms with Crippen molar-refractivity contribution in [3.8, 4) is 0 Å². The molecule has 0 unspecified atom stereocenters. The maximum atomic E-state index is 12.0. The Morgan fingerprint density at radius 2 is 2.24 bits per heavy atom. The number of hydrogen-bond acceptors (Lipinski definition) is 3. The van der Waals surface area contributed by atoms with Gasteiger partial charge in [0.15, 0.2) is 0 Å². The van der Waals surface area contributed by atoms with Crippen molar-refractivity contribution in [2.24, 2.45) is 0 Å². The summed E-state index contributed by atoms with van der Waals surface area (Å²) in [4.78, 5) is 18.5. The van der Waals surface area contributed by atoms with E-state index < -0.39 is 6.10 Å². The minimum atomic E-state index is -0.653. The Balaban J connectivity index is 1.97. The second-order valence-electron chi connectivity index (χ2n) is 4.92. The zero-order valence-corrected chi connectivity index (χ0v) is 12.5. The minimum absolute atomic E-state index is 0.280. The first kappa shape index (κ1) is 15.5. The molecule has 3 N–H and O–H groups in total. The van der Waals surface area contributed by atoms with Gasteiger partial charge in [0.05, 0.1) is 24.7 Å². The van der Waals surface area contributed by atoms with Gasteiger partial charge in [-0.25, -0.2) is 4.98 Å². The van der Waals surface area contributed by atoms with Gasteiger partial charge in [0, 0.05) is 5.02 Å². The number of carbonyl (C=O) groups is 1. The number of aliphatic hydroxyl groups excluding tert-OH is 1. The first-order valence-electron chi connectivity index (χ1n) is 6.78. The van der Waals surface area contributed by atoms with Crippen LogP contribution in [0, 0.1) is 0 Å². The zero-order valence-electron chi connectivity index (χ0n) is 11.7. The Kier molecular flexibility index (Phi) is 5.36. The van der Waals surface area contributed by atoms with Gasteiger partial charge in [-0.1, -0.05) is 29.8 Å². The van der Waals surface area contributed by atoms with Crippen LogP contribution in [0.4, 0.5) is 0 Å². The number of rotatable bonds is 6. The lowest BCUT2D eigenvalue weighted by Gasteiger charge is -2.21. The van der Waals surface area contributed by atoms with Crippen LogP contribution in [0.2, 0.25) is 5.02 Å². The molecule has 2 atom stereocenters. The Hall–Kier alpha value is -1.85. The number of aromatic amines is 1. The predicted molar refractivity (Wildman–Crippen MR) is 81.3 cm³/mol. The molecular formula is C15H18ClN3O2. The molecule has 0 saturated carbocycles. The highest BCUT2D eigenvalue weighted by Gasteiger charge is 2.19. The summed E-state index contributed by atoms with van der Waals surface area (Å²) in [5.74, 6) is -0.280. The number of aromatic nitrogens is 2. The average Bonchev–Trinajstić information content (AvgIpc) is 2.98. The van der Waals surface area contributed by atoms with Crippen molar-refractivity contribution in [2.75, 3.05) is 0 Å². The van der Waals surface area contributed by atoms with Crippen molar-refractivity contribution >= 4 is 17.5 Å². The van der Waals surface area contributed by atoms with Gasteiger partial charge in [-0.3, -0.25) is 4.79 Å². The molecule has 5 nitrogen and oxygen atoms in total. The van der Waals surface area contributed by atoms with Gasteiger partial charge in [-0.15, -0.1) is 0 Å². The molecule has 6 heteroatoms. The third-order valence-electron chi connectivity index (χ3n) is 3.32. The molecular weight excluding hydrogens is 290 g/mol. The molecule has 0 aliphatic rings. The summed E-state index contributed by atoms with van der Waals surface area (Å²) in [6.45, 7) is 1.66. The quantitative estimate of drug-likeness (QED) is 0.765. The number of aliphatic hydroxyl groups is 1. The van der Waals surface area contributed by atoms with Crippen molar-refractivity contribution in [1.82, 2.24) is 15.3 Å². The molecule has 1 heterocycles. The molecule has 21 heavy (non-hydrogen) atoms. The van der Waals surface area contributed by atoms with Crippen molar-refractivity contribution in [2.45, 2.75) is 31.9 Å². The van der Waals surface area contributed by atoms with Crippen molar-refractivity contribution in [3.63, 3.8) is 0 Å². The van der Waals surface area contributed by atoms with Gasteiger partial charge < -0.3 is 15.4 Å². The number of aryl methyl sites for hydroxylation is 1. The predicted octanol–water partition coefficient (Wildman–Crippen LogP) is 2.18. The van der Waals surface area contributed by atoms with Crippen LogP contribution in [0.15, 0.2) is 36.8 Å². The average molecular weight is 308 g/mol. The lowest BCUT2D eigenvalue weighted by molar-refractivity contribution is 0.0846. The largest absolute Gasteiger partial charge is 0.391 e. The van der Waals surface area contributed by atoms with Gasteiger partial charge in [-0.2, -0.15) is 0 Å². The van der Waals surface area contributed by atoms with E-state index in [0.717, 1.165) is 5.56 Å². The van der Waals surface area contributed by atoms with E-state index in [0.29, 0.717) is 23.6 Å². The Morgan fingerprint density at radius 1 is 1.48 bits per heavy atom. The molecule has 1 aromatic heterocycles. The van der Waals surface area contributed by atoms with Crippen LogP contribution in [-0.2, 0) is 6.42 Å². The molecule has 112 valence electrons. The summed E-state index contributed by atoms with van der Waals surface area (Å²) in [5.41, 5.74) is 1.37. The summed E-state index contributed by atoms with van der Waals surface area (Å²) >= 11 is 6.11. The van der Waals surface area contributed by atoms with Gasteiger partial charge in [0.2, 0.25) is 0 Å². The van der Waals surface area contributed by atoms with E-state index in [9.17, 15) is 9.90 Å². The van der Waals surface area contributed by atoms with Crippen LogP contribution in [0.1, 0.15) is 29.4 Å². The van der Waals surface area contributed by atoms with Crippen molar-refractivity contribution < 1.29 is 9.90 Å². The standard InChI is InChI=1S/C15H18ClN3O2/c1-10(20)13(19-15(21)14-8-17-9-18-14)7-6-11-4-2-3-5-12(11)16/h2-5,8-10,13,20H,6-7H2,1H3,(H,17,18)(H,19,21)/t10-,13+/m0/s1. The maximum Gasteiger partial charge on any atom is 0.269 e. The molecule has 0 fully saturated rings. The summed E-state index contributed by atoms with van der Waals surface area (Å²) in [6, 6.07) is 7.21. The highest BCUT2D eigenvalue weighted by atomic mass is 35.5. The second-order valence-corrected chi connectivity index (χ2v) is 5.32. The fourth-order valence-electron chi connectivity index (χ4n) is 2.07. The molecule has 2 aromatic rings. The summed E-state index contributed by atoms with van der Waals surface area (Å²) in [6.07, 6.45) is 3.51. The number of halogens is 1. The van der Waals surface area contributed by atoms with Crippen molar-refractivity contribution in [1.29, 1.82) is 0 Å². The number of carbonyl (C=O) groups excluding carboxylic acids is 1. The SMILES string of the molecule is C[C@H](O)[C@@H](CCc1ccccc1Cl)NC(=O)c1cnc[nH]1. The van der Waals surface area contributed by atoms with E-state index >= 15 is 0 Å². The number of amides is 1. The van der Waals surface area contributed by atoms with E-state index in [2.05, 4.69) is 15.3 Å². The number of nitrogens with one attached hydrogen (secondary N) is 2. The highest BCUT2D eigenvalue weighted by Crippen LogP contribution is 2.18. The van der Waals surface area contributed by atoms with Gasteiger partial charge in [-0.05, 0) is 31.4 Å². The molecule has 0 radical (unpaired) electrons. The lowest BCUT2D eigenvalue weighted by Crippen LogP contribution is -2.42. The van der Waals surface area contributed by atoms with Gasteiger partial charge >= 0.3 is 0 Å². The van der Waals surface area contributed by atoms with E-state index in [1.807, 2.05) is 24.3 Å². The van der Waals surface area contributed by atoms with Crippen LogP contribution in [0.25, 0.3) is 0 Å². The van der Waals surface area contributed by atoms with Gasteiger partial charge in [0.25, 0.3) is 5.91 Å². The minimum Gasteiger partial charge on any atom is -0.391 e. The molecule has 0 bridgehead atoms. The van der Waals surface area contributed by atoms with Crippen LogP contribution >= 0.6 is 11.6 Å². The molecule has 1 amide bonds. The third-order valence-corrected chi connectivity index (χ3v) is 3.69. The number of nitrogens with zero attached hydrogens (tertiary/aromatic N) is 1. The van der Waals surface area contributed by atoms with E-state index in [-0.39, 0.29) is 11.9 Å². The van der Waals surface area contributed by atoms with Crippen molar-refractivity contribution in [3.05, 3.63) is 53.1 Å². The van der Waals surface area contributed by atoms with Crippen LogP contribution in [0.5, 0.6) is 0 Å². The summed E-state index contributed by atoms with van der Waals surface area (Å²) < 4.78 is 0. The second kappa shape index (κ2) is 7.24. The highest BCUT2D eigenvalue weighted by molar-refractivity contribution is 6.31. The molecule has 2 rings (SSSR count). The van der Waals surface area contributed by atoms with Crippen LogP contribution in [-0.4, -0.2) is 33.1 Å². The Bertz CT molecular complexity index is 584. The van der Waals surface area contributed by atoms with E-state index in [1.54, 1.807) is 6.92 Å². The zero-order chi connectivity index (χ0) is 15.2. The normalized spacial score (nSPS) is 13.7. The fraction of sp³-hybridized carbons (Fsp3) is 0.333. The molecule has 0 spiro atoms. The first-order valence-corrected chi connectivity index (χ1v) is 7.16.